The largest absolute Gasteiger partial charge is 0.486 e. The van der Waals surface area contributed by atoms with Crippen molar-refractivity contribution in [3.63, 3.8) is 0 Å². The van der Waals surface area contributed by atoms with Gasteiger partial charge in [0.15, 0.2) is 5.82 Å². The summed E-state index contributed by atoms with van der Waals surface area (Å²) in [7, 11) is 0. The summed E-state index contributed by atoms with van der Waals surface area (Å²) in [6.07, 6.45) is 0.524. The minimum atomic E-state index is -0.136. The van der Waals surface area contributed by atoms with Gasteiger partial charge in [0, 0.05) is 28.1 Å². The molecule has 0 amide bonds. The average Bonchev–Trinajstić information content (AvgIpc) is 3.24. The smallest absolute Gasteiger partial charge is 0.268 e. The highest BCUT2D eigenvalue weighted by atomic mass is 35.5. The second-order valence-electron chi connectivity index (χ2n) is 7.80. The number of hydrogen-bond donors (Lipinski definition) is 2. The van der Waals surface area contributed by atoms with Crippen molar-refractivity contribution in [3.05, 3.63) is 98.9 Å². The maximum atomic E-state index is 12.7. The summed E-state index contributed by atoms with van der Waals surface area (Å²) in [6, 6.07) is 18.8. The fraction of sp³-hybridized carbons (Fsp3) is 0.120. The van der Waals surface area contributed by atoms with Gasteiger partial charge in [0.25, 0.3) is 5.56 Å². The lowest BCUT2D eigenvalue weighted by atomic mass is 10.1. The molecule has 0 bridgehead atoms. The minimum absolute atomic E-state index is 0.136. The minimum Gasteiger partial charge on any atom is -0.486 e. The Morgan fingerprint density at radius 2 is 1.79 bits per heavy atom. The molecule has 0 unspecified atom stereocenters. The quantitative estimate of drug-likeness (QED) is 0.341. The first-order valence-electron chi connectivity index (χ1n) is 10.5. The van der Waals surface area contributed by atoms with Gasteiger partial charge in [-0.3, -0.25) is 4.79 Å². The molecular weight excluding hydrogens is 470 g/mol. The Labute approximate surface area is 204 Å². The number of nitrogens with one attached hydrogen (secondary N) is 1. The number of aryl methyl sites for hydroxylation is 1. The highest BCUT2D eigenvalue weighted by molar-refractivity contribution is 7.22. The van der Waals surface area contributed by atoms with Gasteiger partial charge in [-0.15, -0.1) is 11.3 Å². The fourth-order valence-corrected chi connectivity index (χ4v) is 4.72. The van der Waals surface area contributed by atoms with E-state index in [0.29, 0.717) is 44.9 Å². The van der Waals surface area contributed by atoms with Gasteiger partial charge >= 0.3 is 0 Å². The first kappa shape index (κ1) is 22.1. The van der Waals surface area contributed by atoms with Crippen LogP contribution in [-0.2, 0) is 13.0 Å². The van der Waals surface area contributed by atoms with Gasteiger partial charge in [-0.05, 0) is 60.5 Å². The summed E-state index contributed by atoms with van der Waals surface area (Å²) in [5.74, 6) is 2.26. The van der Waals surface area contributed by atoms with Crippen molar-refractivity contribution in [2.75, 3.05) is 5.73 Å². The Morgan fingerprint density at radius 3 is 2.53 bits per heavy atom. The number of thiophene rings is 1. The predicted molar refractivity (Wildman–Crippen MR) is 135 cm³/mol. The molecule has 7 nitrogen and oxygen atoms in total. The SMILES string of the molecule is Cc1cc(N)nc(COc2ccc(-c3cc4nc(Cc5ccc(Cl)cc5)[nH]c(=O)c4s3)cc2)n1. The number of ether oxygens (including phenoxy) is 1. The van der Waals surface area contributed by atoms with Crippen LogP contribution in [0.25, 0.3) is 20.7 Å². The number of nitrogens with zero attached hydrogens (tertiary/aromatic N) is 3. The third-order valence-electron chi connectivity index (χ3n) is 5.14. The van der Waals surface area contributed by atoms with Crippen molar-refractivity contribution in [2.24, 2.45) is 0 Å². The Balaban J connectivity index is 1.33. The Morgan fingerprint density at radius 1 is 1.03 bits per heavy atom. The summed E-state index contributed by atoms with van der Waals surface area (Å²) < 4.78 is 6.40. The fourth-order valence-electron chi connectivity index (χ4n) is 3.59. The van der Waals surface area contributed by atoms with Crippen LogP contribution in [-0.4, -0.2) is 19.9 Å². The van der Waals surface area contributed by atoms with Crippen LogP contribution in [0.5, 0.6) is 5.75 Å². The van der Waals surface area contributed by atoms with Gasteiger partial charge < -0.3 is 15.5 Å². The summed E-state index contributed by atoms with van der Waals surface area (Å²) in [6.45, 7) is 2.09. The molecule has 3 aromatic heterocycles. The third-order valence-corrected chi connectivity index (χ3v) is 6.57. The zero-order valence-electron chi connectivity index (χ0n) is 18.2. The number of aromatic amines is 1. The van der Waals surface area contributed by atoms with Crippen LogP contribution in [0, 0.1) is 6.92 Å². The lowest BCUT2D eigenvalue weighted by Crippen LogP contribution is -2.10. The van der Waals surface area contributed by atoms with E-state index in [1.54, 1.807) is 6.07 Å². The molecule has 0 spiro atoms. The number of H-pyrrole nitrogens is 1. The van der Waals surface area contributed by atoms with Gasteiger partial charge in [-0.1, -0.05) is 23.7 Å². The average molecular weight is 490 g/mol. The predicted octanol–water partition coefficient (Wildman–Crippen LogP) is 5.16. The van der Waals surface area contributed by atoms with Gasteiger partial charge in [0.05, 0.1) is 5.52 Å². The summed E-state index contributed by atoms with van der Waals surface area (Å²) in [5, 5.41) is 0.674. The highest BCUT2D eigenvalue weighted by Crippen LogP contribution is 2.32. The lowest BCUT2D eigenvalue weighted by molar-refractivity contribution is 0.296. The van der Waals surface area contributed by atoms with Crippen LogP contribution in [0.15, 0.2) is 65.5 Å². The molecule has 34 heavy (non-hydrogen) atoms. The molecule has 0 saturated carbocycles. The van der Waals surface area contributed by atoms with E-state index in [1.165, 1.54) is 11.3 Å². The van der Waals surface area contributed by atoms with E-state index < -0.39 is 0 Å². The molecule has 0 fully saturated rings. The Bertz CT molecular complexity index is 1510. The maximum absolute atomic E-state index is 12.7. The molecular formula is C25H20ClN5O2S. The second-order valence-corrected chi connectivity index (χ2v) is 9.29. The number of nitrogen functional groups attached to an aromatic ring is 1. The molecule has 3 N–H and O–H groups in total. The number of hydrogen-bond acceptors (Lipinski definition) is 7. The molecule has 0 aliphatic heterocycles. The van der Waals surface area contributed by atoms with Crippen LogP contribution in [0.1, 0.15) is 22.9 Å². The van der Waals surface area contributed by atoms with Crippen LogP contribution in [0.2, 0.25) is 5.02 Å². The molecule has 0 saturated heterocycles. The van der Waals surface area contributed by atoms with E-state index in [4.69, 9.17) is 22.1 Å². The molecule has 9 heteroatoms. The van der Waals surface area contributed by atoms with Crippen molar-refractivity contribution in [1.29, 1.82) is 0 Å². The number of halogens is 1. The molecule has 0 aliphatic carbocycles. The third kappa shape index (κ3) is 4.93. The summed E-state index contributed by atoms with van der Waals surface area (Å²) in [4.78, 5) is 29.7. The van der Waals surface area contributed by atoms with E-state index in [1.807, 2.05) is 61.5 Å². The van der Waals surface area contributed by atoms with Crippen LogP contribution >= 0.6 is 22.9 Å². The van der Waals surface area contributed by atoms with Crippen LogP contribution in [0.4, 0.5) is 5.82 Å². The van der Waals surface area contributed by atoms with Gasteiger partial charge in [0.1, 0.15) is 28.7 Å². The second kappa shape index (κ2) is 9.24. The van der Waals surface area contributed by atoms with E-state index >= 15 is 0 Å². The van der Waals surface area contributed by atoms with Crippen molar-refractivity contribution in [3.8, 4) is 16.2 Å². The molecule has 3 heterocycles. The first-order valence-corrected chi connectivity index (χ1v) is 11.7. The summed E-state index contributed by atoms with van der Waals surface area (Å²) >= 11 is 7.37. The molecule has 0 radical (unpaired) electrons. The highest BCUT2D eigenvalue weighted by Gasteiger charge is 2.11. The molecule has 170 valence electrons. The van der Waals surface area contributed by atoms with Crippen molar-refractivity contribution >= 4 is 39.0 Å². The van der Waals surface area contributed by atoms with Crippen molar-refractivity contribution in [2.45, 2.75) is 20.0 Å². The number of aromatic nitrogens is 4. The molecule has 5 rings (SSSR count). The molecule has 5 aromatic rings. The number of rotatable bonds is 6. The Kier molecular flexibility index (Phi) is 6.00. The van der Waals surface area contributed by atoms with Crippen LogP contribution < -0.4 is 16.0 Å². The van der Waals surface area contributed by atoms with Gasteiger partial charge in [0.2, 0.25) is 0 Å². The maximum Gasteiger partial charge on any atom is 0.268 e. The Hall–Kier alpha value is -3.75. The number of fused-ring (bicyclic) bond motifs is 1. The standard InChI is InChI=1S/C25H20ClN5O2S/c1-14-10-21(27)30-23(28-14)13-33-18-8-4-16(5-9-18)20-12-19-24(34-20)25(32)31-22(29-19)11-15-2-6-17(26)7-3-15/h2-10,12H,11,13H2,1H3,(H2,27,28,30)(H,29,31,32). The zero-order valence-corrected chi connectivity index (χ0v) is 19.8. The van der Waals surface area contributed by atoms with E-state index in [0.717, 1.165) is 21.7 Å². The van der Waals surface area contributed by atoms with E-state index in [2.05, 4.69) is 19.9 Å². The zero-order chi connectivity index (χ0) is 23.7. The normalized spacial score (nSPS) is 11.1. The van der Waals surface area contributed by atoms with E-state index in [-0.39, 0.29) is 12.2 Å². The van der Waals surface area contributed by atoms with Gasteiger partial charge in [-0.2, -0.15) is 0 Å². The number of nitrogens with two attached hydrogens (primary N) is 1. The topological polar surface area (TPSA) is 107 Å². The lowest BCUT2D eigenvalue weighted by Gasteiger charge is -2.07. The monoisotopic (exact) mass is 489 g/mol. The van der Waals surface area contributed by atoms with E-state index in [9.17, 15) is 4.79 Å². The first-order chi connectivity index (χ1) is 16.4. The molecule has 0 aliphatic rings. The van der Waals surface area contributed by atoms with Crippen molar-refractivity contribution < 1.29 is 4.74 Å². The van der Waals surface area contributed by atoms with Gasteiger partial charge in [-0.25, -0.2) is 15.0 Å². The molecule has 2 aromatic carbocycles. The molecule has 0 atom stereocenters. The van der Waals surface area contributed by atoms with Crippen molar-refractivity contribution in [1.82, 2.24) is 19.9 Å². The number of anilines is 1. The number of benzene rings is 2. The van der Waals surface area contributed by atoms with Crippen LogP contribution in [0.3, 0.4) is 0 Å². The summed E-state index contributed by atoms with van der Waals surface area (Å²) in [5.41, 5.74) is 9.11.